The fourth-order valence-corrected chi connectivity index (χ4v) is 1.55. The summed E-state index contributed by atoms with van der Waals surface area (Å²) in [4.78, 5) is 3.94. The summed E-state index contributed by atoms with van der Waals surface area (Å²) in [5, 5.41) is 9.63. The molecule has 0 atom stereocenters. The molecule has 82 valence electrons. The zero-order valence-corrected chi connectivity index (χ0v) is 9.19. The van der Waals surface area contributed by atoms with Crippen LogP contribution in [-0.4, -0.2) is 10.1 Å². The predicted octanol–water partition coefficient (Wildman–Crippen LogP) is 3.02. The second-order valence-corrected chi connectivity index (χ2v) is 3.58. The van der Waals surface area contributed by atoms with Crippen molar-refractivity contribution in [3.05, 3.63) is 53.3 Å². The van der Waals surface area contributed by atoms with Crippen LogP contribution in [0.15, 0.2) is 42.7 Å². The minimum atomic E-state index is -0.115. The highest BCUT2D eigenvalue weighted by Crippen LogP contribution is 2.32. The third-order valence-electron chi connectivity index (χ3n) is 2.07. The highest BCUT2D eigenvalue weighted by atomic mass is 35.5. The Morgan fingerprint density at radius 3 is 2.81 bits per heavy atom. The van der Waals surface area contributed by atoms with Gasteiger partial charge in [0.25, 0.3) is 0 Å². The number of pyridine rings is 1. The highest BCUT2D eigenvalue weighted by molar-refractivity contribution is 6.32. The van der Waals surface area contributed by atoms with Gasteiger partial charge in [0.05, 0.1) is 17.8 Å². The standard InChI is InChI=1S/C12H10ClNO2/c13-11-5-1-3-9(8-15)12(11)16-10-4-2-6-14-7-10/h1-7,15H,8H2. The molecular weight excluding hydrogens is 226 g/mol. The van der Waals surface area contributed by atoms with Crippen LogP contribution in [-0.2, 0) is 6.61 Å². The first kappa shape index (κ1) is 10.9. The molecule has 16 heavy (non-hydrogen) atoms. The Hall–Kier alpha value is -1.58. The van der Waals surface area contributed by atoms with Gasteiger partial charge < -0.3 is 9.84 Å². The molecule has 2 aromatic rings. The summed E-state index contributed by atoms with van der Waals surface area (Å²) in [6.07, 6.45) is 3.25. The van der Waals surface area contributed by atoms with Crippen LogP contribution in [0.5, 0.6) is 11.5 Å². The maximum Gasteiger partial charge on any atom is 0.151 e. The van der Waals surface area contributed by atoms with Crippen LogP contribution in [0.1, 0.15) is 5.56 Å². The average Bonchev–Trinajstić information content (AvgIpc) is 2.33. The number of ether oxygens (including phenoxy) is 1. The number of hydrogen-bond acceptors (Lipinski definition) is 3. The largest absolute Gasteiger partial charge is 0.454 e. The lowest BCUT2D eigenvalue weighted by molar-refractivity contribution is 0.276. The lowest BCUT2D eigenvalue weighted by atomic mass is 10.2. The van der Waals surface area contributed by atoms with E-state index in [0.29, 0.717) is 22.1 Å². The van der Waals surface area contributed by atoms with Gasteiger partial charge in [0, 0.05) is 11.8 Å². The Morgan fingerprint density at radius 2 is 2.12 bits per heavy atom. The Morgan fingerprint density at radius 1 is 1.25 bits per heavy atom. The van der Waals surface area contributed by atoms with Crippen molar-refractivity contribution in [2.45, 2.75) is 6.61 Å². The van der Waals surface area contributed by atoms with Gasteiger partial charge in [-0.1, -0.05) is 23.7 Å². The molecule has 3 nitrogen and oxygen atoms in total. The van der Waals surface area contributed by atoms with Crippen molar-refractivity contribution in [3.63, 3.8) is 0 Å². The summed E-state index contributed by atoms with van der Waals surface area (Å²) in [5.41, 5.74) is 0.649. The fraction of sp³-hybridized carbons (Fsp3) is 0.0833. The van der Waals surface area contributed by atoms with Crippen molar-refractivity contribution in [1.82, 2.24) is 4.98 Å². The van der Waals surface area contributed by atoms with E-state index in [4.69, 9.17) is 21.4 Å². The van der Waals surface area contributed by atoms with Gasteiger partial charge in [-0.15, -0.1) is 0 Å². The first-order valence-electron chi connectivity index (χ1n) is 4.77. The maximum absolute atomic E-state index is 9.17. The zero-order chi connectivity index (χ0) is 11.4. The molecule has 0 aliphatic rings. The number of aromatic nitrogens is 1. The van der Waals surface area contributed by atoms with Gasteiger partial charge in [-0.2, -0.15) is 0 Å². The molecule has 0 radical (unpaired) electrons. The first-order valence-corrected chi connectivity index (χ1v) is 5.15. The summed E-state index contributed by atoms with van der Waals surface area (Å²) in [6.45, 7) is -0.115. The van der Waals surface area contributed by atoms with E-state index in [0.717, 1.165) is 0 Å². The van der Waals surface area contributed by atoms with E-state index in [1.165, 1.54) is 0 Å². The third-order valence-corrected chi connectivity index (χ3v) is 2.37. The number of para-hydroxylation sites is 1. The van der Waals surface area contributed by atoms with Gasteiger partial charge in [0.15, 0.2) is 5.75 Å². The zero-order valence-electron chi connectivity index (χ0n) is 8.43. The highest BCUT2D eigenvalue weighted by Gasteiger charge is 2.08. The van der Waals surface area contributed by atoms with E-state index in [1.54, 1.807) is 42.7 Å². The van der Waals surface area contributed by atoms with Gasteiger partial charge in [-0.3, -0.25) is 4.98 Å². The van der Waals surface area contributed by atoms with Gasteiger partial charge in [-0.25, -0.2) is 0 Å². The van der Waals surface area contributed by atoms with Gasteiger partial charge in [-0.05, 0) is 18.2 Å². The molecule has 0 bridgehead atoms. The summed E-state index contributed by atoms with van der Waals surface area (Å²) in [6, 6.07) is 8.79. The van der Waals surface area contributed by atoms with Crippen LogP contribution in [0, 0.1) is 0 Å². The number of hydrogen-bond donors (Lipinski definition) is 1. The summed E-state index contributed by atoms with van der Waals surface area (Å²) in [7, 11) is 0. The Balaban J connectivity index is 2.34. The second kappa shape index (κ2) is 4.96. The molecular formula is C12H10ClNO2. The van der Waals surface area contributed by atoms with Gasteiger partial charge >= 0.3 is 0 Å². The number of aliphatic hydroxyl groups excluding tert-OH is 1. The van der Waals surface area contributed by atoms with Crippen LogP contribution in [0.2, 0.25) is 5.02 Å². The topological polar surface area (TPSA) is 42.4 Å². The van der Waals surface area contributed by atoms with E-state index >= 15 is 0 Å². The monoisotopic (exact) mass is 235 g/mol. The third kappa shape index (κ3) is 2.32. The van der Waals surface area contributed by atoms with E-state index in [9.17, 15) is 0 Å². The molecule has 0 unspecified atom stereocenters. The van der Waals surface area contributed by atoms with E-state index in [1.807, 2.05) is 0 Å². The molecule has 0 saturated heterocycles. The maximum atomic E-state index is 9.17. The molecule has 1 aromatic heterocycles. The summed E-state index contributed by atoms with van der Waals surface area (Å²) in [5.74, 6) is 1.06. The van der Waals surface area contributed by atoms with Gasteiger partial charge in [0.1, 0.15) is 5.75 Å². The van der Waals surface area contributed by atoms with Crippen molar-refractivity contribution in [3.8, 4) is 11.5 Å². The molecule has 0 aliphatic heterocycles. The van der Waals surface area contributed by atoms with Crippen molar-refractivity contribution in [1.29, 1.82) is 0 Å². The smallest absolute Gasteiger partial charge is 0.151 e. The van der Waals surface area contributed by atoms with Crippen LogP contribution in [0.4, 0.5) is 0 Å². The molecule has 2 rings (SSSR count). The minimum Gasteiger partial charge on any atom is -0.454 e. The number of nitrogens with zero attached hydrogens (tertiary/aromatic N) is 1. The molecule has 1 heterocycles. The molecule has 0 spiro atoms. The SMILES string of the molecule is OCc1cccc(Cl)c1Oc1cccnc1. The first-order chi connectivity index (χ1) is 7.81. The van der Waals surface area contributed by atoms with Crippen LogP contribution in [0.3, 0.4) is 0 Å². The lowest BCUT2D eigenvalue weighted by Crippen LogP contribution is -1.92. The fourth-order valence-electron chi connectivity index (χ4n) is 1.32. The number of aliphatic hydroxyl groups is 1. The molecule has 4 heteroatoms. The molecule has 1 N–H and O–H groups in total. The number of halogens is 1. The summed E-state index contributed by atoms with van der Waals surface area (Å²) < 4.78 is 5.58. The summed E-state index contributed by atoms with van der Waals surface area (Å²) >= 11 is 6.00. The molecule has 0 saturated carbocycles. The van der Waals surface area contributed by atoms with Crippen molar-refractivity contribution >= 4 is 11.6 Å². The minimum absolute atomic E-state index is 0.115. The average molecular weight is 236 g/mol. The van der Waals surface area contributed by atoms with Crippen molar-refractivity contribution in [2.24, 2.45) is 0 Å². The van der Waals surface area contributed by atoms with Crippen molar-refractivity contribution < 1.29 is 9.84 Å². The van der Waals surface area contributed by atoms with Crippen LogP contribution in [0.25, 0.3) is 0 Å². The Labute approximate surface area is 98.3 Å². The normalized spacial score (nSPS) is 10.1. The van der Waals surface area contributed by atoms with Gasteiger partial charge in [0.2, 0.25) is 0 Å². The Kier molecular flexibility index (Phi) is 3.39. The van der Waals surface area contributed by atoms with Crippen molar-refractivity contribution in [2.75, 3.05) is 0 Å². The van der Waals surface area contributed by atoms with E-state index in [2.05, 4.69) is 4.98 Å². The molecule has 0 aliphatic carbocycles. The number of benzene rings is 1. The Bertz CT molecular complexity index is 474. The predicted molar refractivity (Wildman–Crippen MR) is 61.7 cm³/mol. The van der Waals surface area contributed by atoms with E-state index in [-0.39, 0.29) is 6.61 Å². The van der Waals surface area contributed by atoms with Crippen LogP contribution < -0.4 is 4.74 Å². The van der Waals surface area contributed by atoms with E-state index < -0.39 is 0 Å². The molecule has 1 aromatic carbocycles. The lowest BCUT2D eigenvalue weighted by Gasteiger charge is -2.10. The molecule has 0 fully saturated rings. The van der Waals surface area contributed by atoms with Crippen LogP contribution >= 0.6 is 11.6 Å². The number of rotatable bonds is 3. The second-order valence-electron chi connectivity index (χ2n) is 3.18. The molecule has 0 amide bonds. The quantitative estimate of drug-likeness (QED) is 0.889.